The Hall–Kier alpha value is -3.58. The van der Waals surface area contributed by atoms with E-state index in [1.165, 1.54) is 12.1 Å². The number of H-pyrrole nitrogens is 2. The highest BCUT2D eigenvalue weighted by molar-refractivity contribution is 5.98. The molecule has 0 unspecified atom stereocenters. The lowest BCUT2D eigenvalue weighted by atomic mass is 9.94. The molecule has 7 heteroatoms. The average Bonchev–Trinajstić information content (AvgIpc) is 3.43. The van der Waals surface area contributed by atoms with Gasteiger partial charge >= 0.3 is 0 Å². The van der Waals surface area contributed by atoms with E-state index in [1.54, 1.807) is 18.3 Å². The van der Waals surface area contributed by atoms with Crippen LogP contribution in [0.1, 0.15) is 24.5 Å². The predicted octanol–water partition coefficient (Wildman–Crippen LogP) is 4.77. The van der Waals surface area contributed by atoms with Gasteiger partial charge in [-0.15, -0.1) is 0 Å². The highest BCUT2D eigenvalue weighted by Gasteiger charge is 2.20. The predicted molar refractivity (Wildman–Crippen MR) is 119 cm³/mol. The number of halogens is 1. The van der Waals surface area contributed by atoms with Crippen LogP contribution in [0.25, 0.3) is 44.6 Å². The number of fused-ring (bicyclic) bond motifs is 2. The van der Waals surface area contributed by atoms with E-state index in [9.17, 15) is 4.39 Å². The molecular weight excluding hydrogens is 391 g/mol. The fraction of sp³-hybridized carbons (Fsp3) is 0.208. The number of aromatic amines is 2. The quantitative estimate of drug-likeness (QED) is 0.399. The number of rotatable bonds is 3. The second kappa shape index (κ2) is 7.28. The van der Waals surface area contributed by atoms with Gasteiger partial charge in [-0.1, -0.05) is 12.1 Å². The van der Waals surface area contributed by atoms with E-state index in [0.717, 1.165) is 76.2 Å². The second-order valence-electron chi connectivity index (χ2n) is 8.04. The van der Waals surface area contributed by atoms with Gasteiger partial charge in [0.1, 0.15) is 22.7 Å². The monoisotopic (exact) mass is 412 g/mol. The number of benzene rings is 1. The zero-order valence-electron chi connectivity index (χ0n) is 16.8. The molecule has 1 aliphatic heterocycles. The lowest BCUT2D eigenvalue weighted by molar-refractivity contribution is 0.454. The molecule has 5 heterocycles. The van der Waals surface area contributed by atoms with Crippen LogP contribution in [-0.4, -0.2) is 38.2 Å². The molecule has 0 radical (unpaired) electrons. The molecule has 6 rings (SSSR count). The van der Waals surface area contributed by atoms with Crippen LogP contribution in [-0.2, 0) is 0 Å². The molecule has 1 aliphatic rings. The molecule has 6 nitrogen and oxygen atoms in total. The summed E-state index contributed by atoms with van der Waals surface area (Å²) in [6.45, 7) is 2.06. The largest absolute Gasteiger partial charge is 0.338 e. The first-order valence-electron chi connectivity index (χ1n) is 10.6. The third kappa shape index (κ3) is 3.18. The second-order valence-corrected chi connectivity index (χ2v) is 8.04. The normalized spacial score (nSPS) is 15.1. The number of aromatic nitrogens is 5. The Morgan fingerprint density at radius 1 is 0.968 bits per heavy atom. The van der Waals surface area contributed by atoms with Gasteiger partial charge in [0.2, 0.25) is 0 Å². The van der Waals surface area contributed by atoms with E-state index in [1.807, 2.05) is 6.07 Å². The molecule has 3 N–H and O–H groups in total. The van der Waals surface area contributed by atoms with E-state index in [4.69, 9.17) is 4.98 Å². The van der Waals surface area contributed by atoms with Gasteiger partial charge in [0.15, 0.2) is 0 Å². The van der Waals surface area contributed by atoms with E-state index >= 15 is 0 Å². The summed E-state index contributed by atoms with van der Waals surface area (Å²) in [5, 5.41) is 12.0. The maximum atomic E-state index is 13.4. The Morgan fingerprint density at radius 3 is 2.65 bits per heavy atom. The van der Waals surface area contributed by atoms with Gasteiger partial charge in [-0.2, -0.15) is 5.10 Å². The van der Waals surface area contributed by atoms with Crippen molar-refractivity contribution < 1.29 is 4.39 Å². The van der Waals surface area contributed by atoms with E-state index < -0.39 is 0 Å². The van der Waals surface area contributed by atoms with Crippen molar-refractivity contribution in [1.29, 1.82) is 0 Å². The minimum Gasteiger partial charge on any atom is -0.338 e. The summed E-state index contributed by atoms with van der Waals surface area (Å²) in [6, 6.07) is 14.7. The van der Waals surface area contributed by atoms with Crippen LogP contribution in [0.2, 0.25) is 0 Å². The van der Waals surface area contributed by atoms with Gasteiger partial charge in [0, 0.05) is 23.2 Å². The fourth-order valence-corrected chi connectivity index (χ4v) is 4.48. The van der Waals surface area contributed by atoms with E-state index in [0.29, 0.717) is 5.92 Å². The van der Waals surface area contributed by atoms with Crippen molar-refractivity contribution in [2.24, 2.45) is 0 Å². The SMILES string of the molecule is Fc1ccc(-c2ccnc3[nH]c(-c4n[nH]c5ccc(C6CCNCC6)nc45)cc23)cc1. The van der Waals surface area contributed by atoms with Gasteiger partial charge in [-0.05, 0) is 73.5 Å². The topological polar surface area (TPSA) is 82.3 Å². The Bertz CT molecular complexity index is 1380. The van der Waals surface area contributed by atoms with Crippen LogP contribution >= 0.6 is 0 Å². The minimum absolute atomic E-state index is 0.248. The standard InChI is InChI=1S/C24H21FN6/c25-16-3-1-14(2-4-16)17-9-12-27-24-18(17)13-21(29-24)23-22-20(30-31-23)6-5-19(28-22)15-7-10-26-11-8-15/h1-6,9,12-13,15,26H,7-8,10-11H2,(H,27,29)(H,30,31). The van der Waals surface area contributed by atoms with Crippen LogP contribution in [0, 0.1) is 5.82 Å². The molecule has 31 heavy (non-hydrogen) atoms. The van der Waals surface area contributed by atoms with Crippen LogP contribution < -0.4 is 5.32 Å². The Labute approximate surface area is 177 Å². The van der Waals surface area contributed by atoms with Crippen molar-refractivity contribution in [3.05, 3.63) is 66.2 Å². The van der Waals surface area contributed by atoms with Gasteiger partial charge < -0.3 is 10.3 Å². The third-order valence-electron chi connectivity index (χ3n) is 6.13. The molecule has 1 saturated heterocycles. The minimum atomic E-state index is -0.248. The molecule has 5 aromatic rings. The average molecular weight is 412 g/mol. The molecular formula is C24H21FN6. The number of nitrogens with zero attached hydrogens (tertiary/aromatic N) is 3. The molecule has 0 spiro atoms. The summed E-state index contributed by atoms with van der Waals surface area (Å²) >= 11 is 0. The highest BCUT2D eigenvalue weighted by Crippen LogP contribution is 2.33. The number of pyridine rings is 2. The van der Waals surface area contributed by atoms with Gasteiger partial charge in [-0.25, -0.2) is 14.4 Å². The summed E-state index contributed by atoms with van der Waals surface area (Å²) in [4.78, 5) is 12.9. The molecule has 0 aliphatic carbocycles. The fourth-order valence-electron chi connectivity index (χ4n) is 4.48. The zero-order chi connectivity index (χ0) is 20.8. The molecule has 0 atom stereocenters. The number of piperidine rings is 1. The van der Waals surface area contributed by atoms with Crippen LogP contribution in [0.4, 0.5) is 4.39 Å². The van der Waals surface area contributed by atoms with Crippen molar-refractivity contribution in [2.45, 2.75) is 18.8 Å². The smallest absolute Gasteiger partial charge is 0.138 e. The molecule has 154 valence electrons. The Kier molecular flexibility index (Phi) is 4.28. The summed E-state index contributed by atoms with van der Waals surface area (Å²) in [5.74, 6) is 0.227. The van der Waals surface area contributed by atoms with Gasteiger partial charge in [0.05, 0.1) is 11.2 Å². The van der Waals surface area contributed by atoms with Crippen LogP contribution in [0.5, 0.6) is 0 Å². The summed E-state index contributed by atoms with van der Waals surface area (Å²) in [6.07, 6.45) is 3.96. The number of hydrogen-bond donors (Lipinski definition) is 3. The van der Waals surface area contributed by atoms with E-state index in [2.05, 4.69) is 43.7 Å². The molecule has 4 aromatic heterocycles. The Morgan fingerprint density at radius 2 is 1.81 bits per heavy atom. The molecule has 0 amide bonds. The first kappa shape index (κ1) is 18.2. The number of nitrogens with one attached hydrogen (secondary N) is 3. The summed E-state index contributed by atoms with van der Waals surface area (Å²) in [5.41, 5.74) is 7.25. The zero-order valence-corrected chi connectivity index (χ0v) is 16.8. The molecule has 1 fully saturated rings. The third-order valence-corrected chi connectivity index (χ3v) is 6.13. The van der Waals surface area contributed by atoms with Crippen molar-refractivity contribution in [1.82, 2.24) is 30.5 Å². The van der Waals surface area contributed by atoms with Crippen molar-refractivity contribution >= 4 is 22.1 Å². The Balaban J connectivity index is 1.46. The molecule has 0 bridgehead atoms. The number of hydrogen-bond acceptors (Lipinski definition) is 4. The lowest BCUT2D eigenvalue weighted by Gasteiger charge is -2.22. The van der Waals surface area contributed by atoms with Crippen molar-refractivity contribution in [2.75, 3.05) is 13.1 Å². The molecule has 0 saturated carbocycles. The first-order chi connectivity index (χ1) is 15.3. The highest BCUT2D eigenvalue weighted by atomic mass is 19.1. The lowest BCUT2D eigenvalue weighted by Crippen LogP contribution is -2.27. The van der Waals surface area contributed by atoms with Crippen molar-refractivity contribution in [3.8, 4) is 22.5 Å². The first-order valence-corrected chi connectivity index (χ1v) is 10.6. The van der Waals surface area contributed by atoms with Gasteiger partial charge in [0.25, 0.3) is 0 Å². The van der Waals surface area contributed by atoms with E-state index in [-0.39, 0.29) is 5.82 Å². The van der Waals surface area contributed by atoms with Crippen molar-refractivity contribution in [3.63, 3.8) is 0 Å². The maximum Gasteiger partial charge on any atom is 0.138 e. The van der Waals surface area contributed by atoms with Gasteiger partial charge in [-0.3, -0.25) is 5.10 Å². The summed E-state index contributed by atoms with van der Waals surface area (Å²) in [7, 11) is 0. The maximum absolute atomic E-state index is 13.4. The summed E-state index contributed by atoms with van der Waals surface area (Å²) < 4.78 is 13.4. The molecule has 1 aromatic carbocycles. The van der Waals surface area contributed by atoms with Crippen LogP contribution in [0.15, 0.2) is 54.7 Å². The van der Waals surface area contributed by atoms with Crippen LogP contribution in [0.3, 0.4) is 0 Å².